The van der Waals surface area contributed by atoms with Crippen molar-refractivity contribution >= 4 is 0 Å². The highest BCUT2D eigenvalue weighted by Crippen LogP contribution is 2.18. The van der Waals surface area contributed by atoms with Gasteiger partial charge in [-0.3, -0.25) is 4.90 Å². The molecule has 3 heterocycles. The number of β-amino-alcohol motifs (C(OH)–C–C–N with tert-alkyl or cyclic N) is 1. The monoisotopic (exact) mass is 288 g/mol. The molecule has 0 bridgehead atoms. The summed E-state index contributed by atoms with van der Waals surface area (Å²) in [6.45, 7) is 2.29. The molecule has 0 aliphatic carbocycles. The molecule has 1 aliphatic heterocycles. The van der Waals surface area contributed by atoms with Crippen molar-refractivity contribution in [2.75, 3.05) is 27.2 Å². The SMILES string of the molecule is CN(C)[C@@H]1CN(Cc2cnc(-c3ccco3)nc2)C[C@H]1O. The first-order valence-corrected chi connectivity index (χ1v) is 7.05. The molecule has 0 aromatic carbocycles. The zero-order valence-electron chi connectivity index (χ0n) is 12.3. The van der Waals surface area contributed by atoms with Gasteiger partial charge in [-0.25, -0.2) is 9.97 Å². The second kappa shape index (κ2) is 5.93. The van der Waals surface area contributed by atoms with E-state index < -0.39 is 0 Å². The molecule has 2 aromatic heterocycles. The number of aliphatic hydroxyl groups excluding tert-OH is 1. The molecule has 2 aromatic rings. The third-order valence-electron chi connectivity index (χ3n) is 3.85. The van der Waals surface area contributed by atoms with Gasteiger partial charge in [0.15, 0.2) is 11.6 Å². The summed E-state index contributed by atoms with van der Waals surface area (Å²) in [5.41, 5.74) is 1.04. The summed E-state index contributed by atoms with van der Waals surface area (Å²) in [6.07, 6.45) is 4.95. The van der Waals surface area contributed by atoms with Crippen LogP contribution in [0.15, 0.2) is 35.2 Å². The molecule has 1 saturated heterocycles. The Bertz CT molecular complexity index is 568. The van der Waals surface area contributed by atoms with E-state index in [1.807, 2.05) is 38.6 Å². The average Bonchev–Trinajstić information content (AvgIpc) is 3.09. The lowest BCUT2D eigenvalue weighted by Gasteiger charge is -2.21. The number of hydrogen-bond acceptors (Lipinski definition) is 6. The van der Waals surface area contributed by atoms with Crippen molar-refractivity contribution in [1.82, 2.24) is 19.8 Å². The van der Waals surface area contributed by atoms with Crippen LogP contribution in [-0.2, 0) is 6.54 Å². The zero-order chi connectivity index (χ0) is 14.8. The van der Waals surface area contributed by atoms with E-state index in [1.165, 1.54) is 0 Å². The van der Waals surface area contributed by atoms with Crippen LogP contribution in [0.5, 0.6) is 0 Å². The van der Waals surface area contributed by atoms with Crippen LogP contribution in [0.3, 0.4) is 0 Å². The number of aliphatic hydroxyl groups is 1. The maximum Gasteiger partial charge on any atom is 0.195 e. The van der Waals surface area contributed by atoms with Crippen molar-refractivity contribution in [2.24, 2.45) is 0 Å². The molecule has 0 unspecified atom stereocenters. The fourth-order valence-electron chi connectivity index (χ4n) is 2.71. The highest BCUT2D eigenvalue weighted by Gasteiger charge is 2.32. The van der Waals surface area contributed by atoms with Crippen molar-refractivity contribution in [3.63, 3.8) is 0 Å². The molecule has 0 spiro atoms. The second-order valence-corrected chi connectivity index (χ2v) is 5.68. The van der Waals surface area contributed by atoms with Gasteiger partial charge >= 0.3 is 0 Å². The van der Waals surface area contributed by atoms with E-state index in [1.54, 1.807) is 6.26 Å². The van der Waals surface area contributed by atoms with Gasteiger partial charge in [0, 0.05) is 43.6 Å². The Labute approximate surface area is 124 Å². The number of nitrogens with zero attached hydrogens (tertiary/aromatic N) is 4. The van der Waals surface area contributed by atoms with E-state index in [0.29, 0.717) is 18.1 Å². The summed E-state index contributed by atoms with van der Waals surface area (Å²) in [5.74, 6) is 1.27. The first kappa shape index (κ1) is 14.2. The largest absolute Gasteiger partial charge is 0.461 e. The minimum atomic E-state index is -0.302. The molecule has 112 valence electrons. The molecule has 1 N–H and O–H groups in total. The highest BCUT2D eigenvalue weighted by atomic mass is 16.3. The van der Waals surface area contributed by atoms with E-state index in [0.717, 1.165) is 18.7 Å². The second-order valence-electron chi connectivity index (χ2n) is 5.68. The Hall–Kier alpha value is -1.76. The van der Waals surface area contributed by atoms with E-state index in [9.17, 15) is 5.11 Å². The van der Waals surface area contributed by atoms with E-state index >= 15 is 0 Å². The fraction of sp³-hybridized carbons (Fsp3) is 0.467. The van der Waals surface area contributed by atoms with Crippen LogP contribution in [0.4, 0.5) is 0 Å². The predicted octanol–water partition coefficient (Wildman–Crippen LogP) is 0.843. The van der Waals surface area contributed by atoms with E-state index in [2.05, 4.69) is 19.8 Å². The Morgan fingerprint density at radius 2 is 2.10 bits per heavy atom. The standard InChI is InChI=1S/C15H20N4O2/c1-18(2)12-9-19(10-13(12)20)8-11-6-16-15(17-7-11)14-4-3-5-21-14/h3-7,12-13,20H,8-10H2,1-2H3/t12-,13-/m1/s1. The lowest BCUT2D eigenvalue weighted by molar-refractivity contribution is 0.112. The molecule has 3 rings (SSSR count). The quantitative estimate of drug-likeness (QED) is 0.899. The Kier molecular flexibility index (Phi) is 4.01. The molecule has 0 amide bonds. The van der Waals surface area contributed by atoms with Crippen molar-refractivity contribution in [3.05, 3.63) is 36.4 Å². The Balaban J connectivity index is 1.64. The Morgan fingerprint density at radius 3 is 2.67 bits per heavy atom. The molecular weight excluding hydrogens is 268 g/mol. The third kappa shape index (κ3) is 3.12. The molecule has 1 fully saturated rings. The van der Waals surface area contributed by atoms with Crippen molar-refractivity contribution < 1.29 is 9.52 Å². The normalized spacial score (nSPS) is 23.0. The molecule has 6 nitrogen and oxygen atoms in total. The number of likely N-dealkylation sites (N-methyl/N-ethyl adjacent to an activating group) is 1. The number of hydrogen-bond donors (Lipinski definition) is 1. The molecular formula is C15H20N4O2. The molecule has 21 heavy (non-hydrogen) atoms. The van der Waals surface area contributed by atoms with E-state index in [4.69, 9.17) is 4.42 Å². The first-order valence-electron chi connectivity index (χ1n) is 7.05. The predicted molar refractivity (Wildman–Crippen MR) is 78.5 cm³/mol. The van der Waals surface area contributed by atoms with Crippen LogP contribution in [-0.4, -0.2) is 64.2 Å². The van der Waals surface area contributed by atoms with Gasteiger partial charge in [-0.1, -0.05) is 0 Å². The summed E-state index contributed by atoms with van der Waals surface area (Å²) in [4.78, 5) is 13.0. The number of aromatic nitrogens is 2. The molecule has 0 saturated carbocycles. The average molecular weight is 288 g/mol. The van der Waals surface area contributed by atoms with Crippen LogP contribution in [0.1, 0.15) is 5.56 Å². The van der Waals surface area contributed by atoms with Gasteiger partial charge in [-0.2, -0.15) is 0 Å². The van der Waals surface area contributed by atoms with Crippen LogP contribution in [0.25, 0.3) is 11.6 Å². The third-order valence-corrected chi connectivity index (χ3v) is 3.85. The minimum absolute atomic E-state index is 0.188. The lowest BCUT2D eigenvalue weighted by Crippen LogP contribution is -2.37. The van der Waals surface area contributed by atoms with Gasteiger partial charge in [0.1, 0.15) is 0 Å². The van der Waals surface area contributed by atoms with Crippen LogP contribution in [0.2, 0.25) is 0 Å². The summed E-state index contributed by atoms with van der Waals surface area (Å²) in [5, 5.41) is 10.0. The molecule has 0 radical (unpaired) electrons. The molecule has 1 aliphatic rings. The van der Waals surface area contributed by atoms with Gasteiger partial charge in [-0.15, -0.1) is 0 Å². The molecule has 6 heteroatoms. The Morgan fingerprint density at radius 1 is 1.33 bits per heavy atom. The lowest BCUT2D eigenvalue weighted by atomic mass is 10.2. The van der Waals surface area contributed by atoms with Gasteiger partial charge in [0.05, 0.1) is 12.4 Å². The number of furan rings is 1. The fourth-order valence-corrected chi connectivity index (χ4v) is 2.71. The topological polar surface area (TPSA) is 65.6 Å². The van der Waals surface area contributed by atoms with Gasteiger partial charge in [0.25, 0.3) is 0 Å². The maximum absolute atomic E-state index is 10.0. The smallest absolute Gasteiger partial charge is 0.195 e. The number of rotatable bonds is 4. The van der Waals surface area contributed by atoms with Gasteiger partial charge in [-0.05, 0) is 26.2 Å². The zero-order valence-corrected chi connectivity index (χ0v) is 12.3. The highest BCUT2D eigenvalue weighted by molar-refractivity contribution is 5.45. The van der Waals surface area contributed by atoms with Crippen LogP contribution < -0.4 is 0 Å². The van der Waals surface area contributed by atoms with Crippen molar-refractivity contribution in [3.8, 4) is 11.6 Å². The summed E-state index contributed by atoms with van der Waals surface area (Å²) in [6, 6.07) is 3.85. The summed E-state index contributed by atoms with van der Waals surface area (Å²) in [7, 11) is 4.00. The van der Waals surface area contributed by atoms with Gasteiger partial charge < -0.3 is 14.4 Å². The van der Waals surface area contributed by atoms with Crippen molar-refractivity contribution in [2.45, 2.75) is 18.7 Å². The summed E-state index contributed by atoms with van der Waals surface area (Å²) < 4.78 is 5.27. The summed E-state index contributed by atoms with van der Waals surface area (Å²) >= 11 is 0. The van der Waals surface area contributed by atoms with Gasteiger partial charge in [0.2, 0.25) is 0 Å². The minimum Gasteiger partial charge on any atom is -0.461 e. The van der Waals surface area contributed by atoms with Crippen LogP contribution >= 0.6 is 0 Å². The van der Waals surface area contributed by atoms with E-state index in [-0.39, 0.29) is 12.1 Å². The first-order chi connectivity index (χ1) is 10.1. The van der Waals surface area contributed by atoms with Crippen molar-refractivity contribution in [1.29, 1.82) is 0 Å². The number of likely N-dealkylation sites (tertiary alicyclic amines) is 1. The maximum atomic E-state index is 10.0. The van der Waals surface area contributed by atoms with Crippen LogP contribution in [0, 0.1) is 0 Å². The molecule has 2 atom stereocenters.